The van der Waals surface area contributed by atoms with Crippen molar-refractivity contribution in [3.63, 3.8) is 0 Å². The maximum Gasteiger partial charge on any atom is 0.317 e. The molecule has 0 radical (unpaired) electrons. The number of carbonyl (C=O) groups is 2. The van der Waals surface area contributed by atoms with Crippen molar-refractivity contribution in [1.82, 2.24) is 0 Å². The summed E-state index contributed by atoms with van der Waals surface area (Å²) >= 11 is 0. The van der Waals surface area contributed by atoms with Crippen LogP contribution in [-0.4, -0.2) is 11.9 Å². The predicted octanol–water partition coefficient (Wildman–Crippen LogP) is 6.36. The minimum Gasteiger partial charge on any atom is -0.393 e. The van der Waals surface area contributed by atoms with E-state index in [0.717, 1.165) is 12.3 Å². The molecule has 144 valence electrons. The highest BCUT2D eigenvalue weighted by Gasteiger charge is 2.31. The van der Waals surface area contributed by atoms with Gasteiger partial charge in [0.1, 0.15) is 0 Å². The van der Waals surface area contributed by atoms with Gasteiger partial charge in [-0.3, -0.25) is 9.59 Å². The van der Waals surface area contributed by atoms with Crippen LogP contribution in [0.25, 0.3) is 0 Å². The summed E-state index contributed by atoms with van der Waals surface area (Å²) in [6, 6.07) is 0. The van der Waals surface area contributed by atoms with E-state index in [0.29, 0.717) is 6.42 Å². The van der Waals surface area contributed by atoms with E-state index in [-0.39, 0.29) is 24.3 Å². The molecule has 1 atom stereocenters. The molecule has 1 unspecified atom stereocenters. The van der Waals surface area contributed by atoms with Crippen molar-refractivity contribution in [3.8, 4) is 0 Å². The van der Waals surface area contributed by atoms with Gasteiger partial charge in [-0.25, -0.2) is 0 Å². The smallest absolute Gasteiger partial charge is 0.317 e. The second-order valence-electron chi connectivity index (χ2n) is 7.91. The number of hydrogen-bond donors (Lipinski definition) is 0. The van der Waals surface area contributed by atoms with Crippen molar-refractivity contribution >= 4 is 11.9 Å². The molecular formula is C22H38O3. The van der Waals surface area contributed by atoms with Crippen LogP contribution in [-0.2, 0) is 14.3 Å². The molecule has 1 aliphatic heterocycles. The summed E-state index contributed by atoms with van der Waals surface area (Å²) in [5, 5.41) is 0. The summed E-state index contributed by atoms with van der Waals surface area (Å²) in [5.41, 5.74) is 0. The van der Waals surface area contributed by atoms with E-state index in [4.69, 9.17) is 0 Å². The van der Waals surface area contributed by atoms with E-state index >= 15 is 0 Å². The Hall–Kier alpha value is -1.12. The summed E-state index contributed by atoms with van der Waals surface area (Å²) in [7, 11) is 0. The Bertz CT molecular complexity index is 398. The van der Waals surface area contributed by atoms with Crippen molar-refractivity contribution in [2.75, 3.05) is 0 Å². The Morgan fingerprint density at radius 1 is 0.880 bits per heavy atom. The zero-order valence-electron chi connectivity index (χ0n) is 16.4. The number of ether oxygens (including phenoxy) is 1. The lowest BCUT2D eigenvalue weighted by atomic mass is 10.0. The average molecular weight is 351 g/mol. The molecule has 0 aromatic heterocycles. The van der Waals surface area contributed by atoms with Gasteiger partial charge in [-0.15, -0.1) is 0 Å². The third-order valence-electron chi connectivity index (χ3n) is 4.95. The topological polar surface area (TPSA) is 43.4 Å². The number of unbranched alkanes of at least 4 members (excludes halogenated alkanes) is 10. The standard InChI is InChI=1S/C22H38O3/c1-19(2)16-14-12-10-8-6-4-3-5-7-9-11-13-15-17-20-18-21(23)25-22(20)24/h13,15,19-20H,3-12,14,16-18H2,1-2H3. The molecule has 3 heteroatoms. The average Bonchev–Trinajstić information content (AvgIpc) is 2.88. The lowest BCUT2D eigenvalue weighted by molar-refractivity contribution is -0.153. The second-order valence-corrected chi connectivity index (χ2v) is 7.91. The van der Waals surface area contributed by atoms with E-state index in [1.165, 1.54) is 70.6 Å². The number of rotatable bonds is 15. The Balaban J connectivity index is 1.79. The van der Waals surface area contributed by atoms with Gasteiger partial charge < -0.3 is 4.74 Å². The van der Waals surface area contributed by atoms with Gasteiger partial charge in [0.05, 0.1) is 12.3 Å². The number of carbonyl (C=O) groups excluding carboxylic acids is 2. The maximum atomic E-state index is 11.3. The monoisotopic (exact) mass is 350 g/mol. The lowest BCUT2D eigenvalue weighted by Gasteiger charge is -2.04. The van der Waals surface area contributed by atoms with Gasteiger partial charge in [0.25, 0.3) is 0 Å². The van der Waals surface area contributed by atoms with Gasteiger partial charge in [-0.2, -0.15) is 0 Å². The van der Waals surface area contributed by atoms with Crippen molar-refractivity contribution in [1.29, 1.82) is 0 Å². The molecule has 0 bridgehead atoms. The van der Waals surface area contributed by atoms with Crippen LogP contribution in [0.15, 0.2) is 12.2 Å². The molecule has 0 amide bonds. The summed E-state index contributed by atoms with van der Waals surface area (Å²) in [6.45, 7) is 4.62. The zero-order valence-corrected chi connectivity index (χ0v) is 16.4. The van der Waals surface area contributed by atoms with Crippen LogP contribution in [0.3, 0.4) is 0 Å². The van der Waals surface area contributed by atoms with E-state index in [1.807, 2.05) is 6.08 Å². The van der Waals surface area contributed by atoms with Gasteiger partial charge >= 0.3 is 11.9 Å². The number of cyclic esters (lactones) is 2. The third kappa shape index (κ3) is 12.0. The van der Waals surface area contributed by atoms with Gasteiger partial charge in [0.15, 0.2) is 0 Å². The first-order valence-electron chi connectivity index (χ1n) is 10.5. The summed E-state index contributed by atoms with van der Waals surface area (Å²) in [6.07, 6.45) is 21.2. The Kier molecular flexibility index (Phi) is 12.4. The van der Waals surface area contributed by atoms with Crippen molar-refractivity contribution < 1.29 is 14.3 Å². The first kappa shape index (κ1) is 21.9. The van der Waals surface area contributed by atoms with Crippen LogP contribution in [0.2, 0.25) is 0 Å². The number of allylic oxidation sites excluding steroid dienone is 2. The largest absolute Gasteiger partial charge is 0.393 e. The van der Waals surface area contributed by atoms with E-state index in [1.54, 1.807) is 0 Å². The highest BCUT2D eigenvalue weighted by molar-refractivity contribution is 5.94. The van der Waals surface area contributed by atoms with Crippen LogP contribution in [0.5, 0.6) is 0 Å². The molecule has 0 saturated carbocycles. The van der Waals surface area contributed by atoms with Gasteiger partial charge in [0, 0.05) is 0 Å². The molecule has 1 fully saturated rings. The molecule has 25 heavy (non-hydrogen) atoms. The van der Waals surface area contributed by atoms with Crippen LogP contribution < -0.4 is 0 Å². The summed E-state index contributed by atoms with van der Waals surface area (Å²) in [5.74, 6) is -0.110. The lowest BCUT2D eigenvalue weighted by Crippen LogP contribution is -2.05. The fourth-order valence-corrected chi connectivity index (χ4v) is 3.31. The molecule has 1 rings (SSSR count). The van der Waals surface area contributed by atoms with Crippen LogP contribution in [0.1, 0.15) is 104 Å². The molecule has 0 aliphatic carbocycles. The molecule has 1 aliphatic rings. The van der Waals surface area contributed by atoms with Gasteiger partial charge in [-0.1, -0.05) is 90.2 Å². The number of esters is 2. The second kappa shape index (κ2) is 14.1. The van der Waals surface area contributed by atoms with Crippen LogP contribution in [0, 0.1) is 11.8 Å². The van der Waals surface area contributed by atoms with Crippen LogP contribution >= 0.6 is 0 Å². The minimum atomic E-state index is -0.376. The quantitative estimate of drug-likeness (QED) is 0.149. The summed E-state index contributed by atoms with van der Waals surface area (Å²) < 4.78 is 4.54. The van der Waals surface area contributed by atoms with Crippen molar-refractivity contribution in [2.24, 2.45) is 11.8 Å². The molecule has 0 aromatic rings. The third-order valence-corrected chi connectivity index (χ3v) is 4.95. The molecule has 0 spiro atoms. The fraction of sp³-hybridized carbons (Fsp3) is 0.818. The van der Waals surface area contributed by atoms with Gasteiger partial charge in [-0.05, 0) is 25.2 Å². The van der Waals surface area contributed by atoms with E-state index in [2.05, 4.69) is 24.7 Å². The molecule has 1 heterocycles. The highest BCUT2D eigenvalue weighted by Crippen LogP contribution is 2.20. The van der Waals surface area contributed by atoms with Crippen LogP contribution in [0.4, 0.5) is 0 Å². The highest BCUT2D eigenvalue weighted by atomic mass is 16.6. The van der Waals surface area contributed by atoms with Crippen molar-refractivity contribution in [2.45, 2.75) is 104 Å². The van der Waals surface area contributed by atoms with Crippen molar-refractivity contribution in [3.05, 3.63) is 12.2 Å². The SMILES string of the molecule is CC(C)CCCCCCCCCCCCC=CCC1CC(=O)OC1=O. The van der Waals surface area contributed by atoms with E-state index in [9.17, 15) is 9.59 Å². The summed E-state index contributed by atoms with van der Waals surface area (Å²) in [4.78, 5) is 22.3. The predicted molar refractivity (Wildman–Crippen MR) is 103 cm³/mol. The Labute approximate surface area is 154 Å². The molecule has 1 saturated heterocycles. The Morgan fingerprint density at radius 3 is 1.96 bits per heavy atom. The first-order valence-corrected chi connectivity index (χ1v) is 10.5. The van der Waals surface area contributed by atoms with E-state index < -0.39 is 0 Å². The normalized spacial score (nSPS) is 17.8. The zero-order chi connectivity index (χ0) is 18.3. The molecular weight excluding hydrogens is 312 g/mol. The maximum absolute atomic E-state index is 11.3. The molecule has 0 N–H and O–H groups in total. The molecule has 0 aromatic carbocycles. The fourth-order valence-electron chi connectivity index (χ4n) is 3.31. The first-order chi connectivity index (χ1) is 12.1. The minimum absolute atomic E-state index is 0.242. The Morgan fingerprint density at radius 2 is 1.44 bits per heavy atom. The van der Waals surface area contributed by atoms with Gasteiger partial charge in [0.2, 0.25) is 0 Å². The number of hydrogen-bond acceptors (Lipinski definition) is 3. The molecule has 3 nitrogen and oxygen atoms in total.